The number of carbonyl (C=O) groups is 1. The van der Waals surface area contributed by atoms with Crippen LogP contribution in [0.2, 0.25) is 0 Å². The van der Waals surface area contributed by atoms with E-state index in [9.17, 15) is 9.90 Å². The fourth-order valence-electron chi connectivity index (χ4n) is 2.49. The minimum absolute atomic E-state index is 0.216. The van der Waals surface area contributed by atoms with Gasteiger partial charge in [0.1, 0.15) is 4.88 Å². The lowest BCUT2D eigenvalue weighted by Crippen LogP contribution is -1.99. The van der Waals surface area contributed by atoms with Crippen molar-refractivity contribution in [3.8, 4) is 0 Å². The summed E-state index contributed by atoms with van der Waals surface area (Å²) in [6.45, 7) is 0.216. The van der Waals surface area contributed by atoms with Gasteiger partial charge < -0.3 is 9.84 Å². The summed E-state index contributed by atoms with van der Waals surface area (Å²) in [5, 5.41) is 12.4. The second kappa shape index (κ2) is 6.25. The Morgan fingerprint density at radius 2 is 2.00 bits per heavy atom. The second-order valence-corrected chi connectivity index (χ2v) is 6.02. The topological polar surface area (TPSA) is 59.4 Å². The number of carboxylic acids is 1. The highest BCUT2D eigenvalue weighted by molar-refractivity contribution is 7.13. The number of aromatic carboxylic acids is 1. The molecule has 0 bridgehead atoms. The molecule has 1 heterocycles. The maximum Gasteiger partial charge on any atom is 0.347 e. The van der Waals surface area contributed by atoms with Crippen molar-refractivity contribution >= 4 is 28.1 Å². The van der Waals surface area contributed by atoms with Gasteiger partial charge in [0.2, 0.25) is 0 Å². The maximum atomic E-state index is 11.3. The van der Waals surface area contributed by atoms with E-state index in [1.165, 1.54) is 29.2 Å². The van der Waals surface area contributed by atoms with Crippen LogP contribution in [-0.4, -0.2) is 23.2 Å². The number of fused-ring (bicyclic) bond motifs is 1. The number of nitrogens with zero attached hydrogens (tertiary/aromatic N) is 1. The van der Waals surface area contributed by atoms with Crippen LogP contribution in [-0.2, 0) is 17.8 Å². The number of ether oxygens (including phenoxy) is 1. The Labute approximate surface area is 132 Å². The highest BCUT2D eigenvalue weighted by atomic mass is 32.1. The van der Waals surface area contributed by atoms with Crippen molar-refractivity contribution < 1.29 is 14.6 Å². The molecule has 2 aromatic carbocycles. The van der Waals surface area contributed by atoms with Crippen molar-refractivity contribution in [3.63, 3.8) is 0 Å². The van der Waals surface area contributed by atoms with E-state index in [0.29, 0.717) is 12.1 Å². The Morgan fingerprint density at radius 1 is 1.23 bits per heavy atom. The Balaban J connectivity index is 1.98. The lowest BCUT2D eigenvalue weighted by Gasteiger charge is -2.04. The monoisotopic (exact) mass is 313 g/mol. The largest absolute Gasteiger partial charge is 0.477 e. The van der Waals surface area contributed by atoms with E-state index in [2.05, 4.69) is 29.2 Å². The van der Waals surface area contributed by atoms with Crippen LogP contribution in [0.25, 0.3) is 10.8 Å². The van der Waals surface area contributed by atoms with Gasteiger partial charge in [0.25, 0.3) is 0 Å². The van der Waals surface area contributed by atoms with Crippen LogP contribution in [0.5, 0.6) is 0 Å². The number of methoxy groups -OCH3 is 1. The molecule has 0 unspecified atom stereocenters. The SMILES string of the molecule is COCc1nc(Cc2cccc3ccccc23)sc1C(=O)O. The first-order valence-corrected chi connectivity index (χ1v) is 7.68. The number of hydrogen-bond acceptors (Lipinski definition) is 4. The van der Waals surface area contributed by atoms with Gasteiger partial charge in [0.15, 0.2) is 0 Å². The normalized spacial score (nSPS) is 11.0. The van der Waals surface area contributed by atoms with Gasteiger partial charge in [-0.15, -0.1) is 11.3 Å². The number of benzene rings is 2. The quantitative estimate of drug-likeness (QED) is 0.779. The van der Waals surface area contributed by atoms with Crippen molar-refractivity contribution in [1.29, 1.82) is 0 Å². The van der Waals surface area contributed by atoms with Crippen LogP contribution >= 0.6 is 11.3 Å². The molecule has 3 aromatic rings. The third-order valence-electron chi connectivity index (χ3n) is 3.44. The molecular weight excluding hydrogens is 298 g/mol. The van der Waals surface area contributed by atoms with E-state index in [-0.39, 0.29) is 11.5 Å². The minimum atomic E-state index is -0.950. The van der Waals surface area contributed by atoms with Crippen molar-refractivity contribution in [3.05, 3.63) is 63.6 Å². The molecule has 0 spiro atoms. The summed E-state index contributed by atoms with van der Waals surface area (Å²) < 4.78 is 5.03. The van der Waals surface area contributed by atoms with Crippen LogP contribution in [0.3, 0.4) is 0 Å². The van der Waals surface area contributed by atoms with Gasteiger partial charge in [-0.25, -0.2) is 9.78 Å². The third-order valence-corrected chi connectivity index (χ3v) is 4.52. The molecule has 0 fully saturated rings. The lowest BCUT2D eigenvalue weighted by atomic mass is 10.0. The molecular formula is C17H15NO3S. The zero-order valence-electron chi connectivity index (χ0n) is 12.1. The summed E-state index contributed by atoms with van der Waals surface area (Å²) in [5.41, 5.74) is 1.64. The Kier molecular flexibility index (Phi) is 4.18. The van der Waals surface area contributed by atoms with Gasteiger partial charge in [0, 0.05) is 13.5 Å². The lowest BCUT2D eigenvalue weighted by molar-refractivity contribution is 0.0697. The molecule has 5 heteroatoms. The summed E-state index contributed by atoms with van der Waals surface area (Å²) in [7, 11) is 1.54. The molecule has 0 saturated carbocycles. The van der Waals surface area contributed by atoms with E-state index in [1.54, 1.807) is 0 Å². The molecule has 0 atom stereocenters. The standard InChI is InChI=1S/C17H15NO3S/c1-21-10-14-16(17(19)20)22-15(18-14)9-12-7-4-6-11-5-2-3-8-13(11)12/h2-8H,9-10H2,1H3,(H,19,20). The maximum absolute atomic E-state index is 11.3. The minimum Gasteiger partial charge on any atom is -0.477 e. The number of hydrogen-bond donors (Lipinski definition) is 1. The zero-order chi connectivity index (χ0) is 15.5. The van der Waals surface area contributed by atoms with Gasteiger partial charge in [-0.1, -0.05) is 42.5 Å². The fraction of sp³-hybridized carbons (Fsp3) is 0.176. The summed E-state index contributed by atoms with van der Waals surface area (Å²) in [6, 6.07) is 14.3. The molecule has 3 rings (SSSR count). The molecule has 0 radical (unpaired) electrons. The Morgan fingerprint density at radius 3 is 2.77 bits per heavy atom. The first-order chi connectivity index (χ1) is 10.7. The molecule has 0 aliphatic rings. The van der Waals surface area contributed by atoms with E-state index in [0.717, 1.165) is 10.6 Å². The first kappa shape index (κ1) is 14.7. The molecule has 1 aromatic heterocycles. The van der Waals surface area contributed by atoms with Crippen LogP contribution in [0.4, 0.5) is 0 Å². The first-order valence-electron chi connectivity index (χ1n) is 6.86. The Hall–Kier alpha value is -2.24. The third kappa shape index (κ3) is 2.86. The van der Waals surface area contributed by atoms with Crippen molar-refractivity contribution in [2.45, 2.75) is 13.0 Å². The highest BCUT2D eigenvalue weighted by Crippen LogP contribution is 2.25. The van der Waals surface area contributed by atoms with E-state index >= 15 is 0 Å². The molecule has 1 N–H and O–H groups in total. The van der Waals surface area contributed by atoms with Crippen LogP contribution in [0.1, 0.15) is 25.9 Å². The predicted molar refractivity (Wildman–Crippen MR) is 86.5 cm³/mol. The van der Waals surface area contributed by atoms with Gasteiger partial charge in [-0.05, 0) is 16.3 Å². The van der Waals surface area contributed by atoms with Crippen LogP contribution in [0, 0.1) is 0 Å². The molecule has 22 heavy (non-hydrogen) atoms. The van der Waals surface area contributed by atoms with E-state index in [1.807, 2.05) is 18.2 Å². The van der Waals surface area contributed by atoms with E-state index in [4.69, 9.17) is 4.74 Å². The molecule has 0 aliphatic heterocycles. The van der Waals surface area contributed by atoms with Crippen molar-refractivity contribution in [1.82, 2.24) is 4.98 Å². The van der Waals surface area contributed by atoms with Crippen molar-refractivity contribution in [2.75, 3.05) is 7.11 Å². The molecule has 0 aliphatic carbocycles. The fourth-order valence-corrected chi connectivity index (χ4v) is 3.42. The average molecular weight is 313 g/mol. The number of rotatable bonds is 5. The van der Waals surface area contributed by atoms with Gasteiger partial charge in [-0.2, -0.15) is 0 Å². The van der Waals surface area contributed by atoms with E-state index < -0.39 is 5.97 Å². The average Bonchev–Trinajstić information content (AvgIpc) is 2.91. The van der Waals surface area contributed by atoms with Gasteiger partial charge >= 0.3 is 5.97 Å². The molecule has 0 amide bonds. The second-order valence-electron chi connectivity index (χ2n) is 4.94. The molecule has 0 saturated heterocycles. The highest BCUT2D eigenvalue weighted by Gasteiger charge is 2.17. The number of carboxylic acid groups (broad SMARTS) is 1. The summed E-state index contributed by atoms with van der Waals surface area (Å²) in [5.74, 6) is -0.950. The summed E-state index contributed by atoms with van der Waals surface area (Å²) in [6.07, 6.45) is 0.621. The molecule has 4 nitrogen and oxygen atoms in total. The van der Waals surface area contributed by atoms with Crippen LogP contribution < -0.4 is 0 Å². The van der Waals surface area contributed by atoms with Gasteiger partial charge in [0.05, 0.1) is 17.3 Å². The van der Waals surface area contributed by atoms with Crippen LogP contribution in [0.15, 0.2) is 42.5 Å². The predicted octanol–water partition coefficient (Wildman–Crippen LogP) is 3.73. The van der Waals surface area contributed by atoms with Crippen molar-refractivity contribution in [2.24, 2.45) is 0 Å². The molecule has 112 valence electrons. The smallest absolute Gasteiger partial charge is 0.347 e. The zero-order valence-corrected chi connectivity index (χ0v) is 12.9. The number of thiazole rings is 1. The summed E-state index contributed by atoms with van der Waals surface area (Å²) >= 11 is 1.22. The Bertz CT molecular complexity index is 820. The van der Waals surface area contributed by atoms with Gasteiger partial charge in [-0.3, -0.25) is 0 Å². The summed E-state index contributed by atoms with van der Waals surface area (Å²) in [4.78, 5) is 16.0. The number of aromatic nitrogens is 1.